The highest BCUT2D eigenvalue weighted by molar-refractivity contribution is 7.47. The fraction of sp³-hybridized carbons (Fsp3) is 0.956. The van der Waals surface area contributed by atoms with Crippen LogP contribution < -0.4 is 0 Å². The van der Waals surface area contributed by atoms with E-state index in [9.17, 15) is 43.2 Å². The van der Waals surface area contributed by atoms with Gasteiger partial charge in [0.05, 0.1) is 26.4 Å². The second kappa shape index (κ2) is 83.5. The maximum atomic E-state index is 13.2. The van der Waals surface area contributed by atoms with Crippen LogP contribution in [0.1, 0.15) is 497 Å². The normalized spacial score (nSPS) is 13.9. The Morgan fingerprint density at radius 2 is 0.436 bits per heavy atom. The molecule has 0 bridgehead atoms. The monoisotopic (exact) mass is 1610 g/mol. The molecule has 0 aromatic rings. The molecule has 0 aliphatic rings. The molecule has 110 heavy (non-hydrogen) atoms. The lowest BCUT2D eigenvalue weighted by molar-refractivity contribution is -0.161. The number of carbonyl (C=O) groups is 4. The third-order valence-electron chi connectivity index (χ3n) is 21.9. The molecule has 0 aromatic carbocycles. The van der Waals surface area contributed by atoms with Crippen molar-refractivity contribution in [2.24, 2.45) is 5.92 Å². The molecule has 0 fully saturated rings. The van der Waals surface area contributed by atoms with Crippen LogP contribution >= 0.6 is 15.6 Å². The Balaban J connectivity index is 5.20. The highest BCUT2D eigenvalue weighted by Crippen LogP contribution is 2.45. The highest BCUT2D eigenvalue weighted by atomic mass is 31.2. The quantitative estimate of drug-likeness (QED) is 0.0222. The van der Waals surface area contributed by atoms with Crippen molar-refractivity contribution in [1.82, 2.24) is 0 Å². The van der Waals surface area contributed by atoms with E-state index in [2.05, 4.69) is 34.6 Å². The minimum absolute atomic E-state index is 0.109. The summed E-state index contributed by atoms with van der Waals surface area (Å²) in [5.74, 6) is -1.22. The molecule has 0 saturated heterocycles. The smallest absolute Gasteiger partial charge is 0.462 e. The number of carbonyl (C=O) groups excluding carboxylic acids is 4. The van der Waals surface area contributed by atoms with Crippen molar-refractivity contribution in [2.75, 3.05) is 39.6 Å². The summed E-state index contributed by atoms with van der Waals surface area (Å²) in [6.07, 6.45) is 79.3. The molecule has 3 unspecified atom stereocenters. The second-order valence-corrected chi connectivity index (χ2v) is 35.8. The third-order valence-corrected chi connectivity index (χ3v) is 23.8. The molecule has 0 aliphatic carbocycles. The Morgan fingerprint density at radius 3 is 0.645 bits per heavy atom. The molecular weight excluding hydrogens is 1430 g/mol. The van der Waals surface area contributed by atoms with Crippen molar-refractivity contribution in [3.63, 3.8) is 0 Å². The summed E-state index contributed by atoms with van der Waals surface area (Å²) in [6, 6.07) is 0. The predicted octanol–water partition coefficient (Wildman–Crippen LogP) is 28.3. The van der Waals surface area contributed by atoms with E-state index >= 15 is 0 Å². The average Bonchev–Trinajstić information content (AvgIpc) is 0.897. The first-order valence-corrected chi connectivity index (χ1v) is 50.2. The van der Waals surface area contributed by atoms with E-state index in [0.717, 1.165) is 95.8 Å². The van der Waals surface area contributed by atoms with Gasteiger partial charge in [0, 0.05) is 25.7 Å². The number of phosphoric ester groups is 2. The van der Waals surface area contributed by atoms with E-state index in [1.165, 1.54) is 321 Å². The van der Waals surface area contributed by atoms with Crippen LogP contribution in [-0.4, -0.2) is 96.7 Å². The number of hydrogen-bond acceptors (Lipinski definition) is 15. The van der Waals surface area contributed by atoms with Crippen molar-refractivity contribution in [2.45, 2.75) is 515 Å². The molecule has 0 heterocycles. The second-order valence-electron chi connectivity index (χ2n) is 32.9. The number of unbranched alkanes of at least 4 members (excludes halogenated alkanes) is 62. The molecule has 0 aliphatic heterocycles. The summed E-state index contributed by atoms with van der Waals surface area (Å²) in [7, 11) is -9.93. The first kappa shape index (κ1) is 108. The van der Waals surface area contributed by atoms with Gasteiger partial charge in [0.25, 0.3) is 0 Å². The van der Waals surface area contributed by atoms with Crippen LogP contribution in [0.3, 0.4) is 0 Å². The van der Waals surface area contributed by atoms with E-state index < -0.39 is 97.5 Å². The minimum Gasteiger partial charge on any atom is -0.462 e. The topological polar surface area (TPSA) is 237 Å². The molecule has 654 valence electrons. The molecule has 3 N–H and O–H groups in total. The zero-order chi connectivity index (χ0) is 80.4. The van der Waals surface area contributed by atoms with Crippen LogP contribution in [0.25, 0.3) is 0 Å². The number of rotatable bonds is 91. The summed E-state index contributed by atoms with van der Waals surface area (Å²) in [6.45, 7) is 7.45. The van der Waals surface area contributed by atoms with Gasteiger partial charge in [-0.05, 0) is 31.6 Å². The number of ether oxygens (including phenoxy) is 4. The number of esters is 4. The molecule has 0 aromatic heterocycles. The van der Waals surface area contributed by atoms with Crippen LogP contribution in [0.2, 0.25) is 0 Å². The lowest BCUT2D eigenvalue weighted by atomic mass is 9.99. The SMILES string of the molecule is CCCCCCCCCCCCCCCCCCCCCCCCC(=O)OC[C@H](COP(=O)(O)OC[C@@H](O)COP(=O)(O)OC[C@@H](COC(=O)CCCCCCCCCCCC)OC(=O)CCCCCCCCCCCCCCCCCC)OC(=O)CCCCCCCCCCCCCCCCCCCCC(C)CC. The number of hydrogen-bond donors (Lipinski definition) is 3. The molecule has 0 saturated carbocycles. The average molecular weight is 1610 g/mol. The number of aliphatic hydroxyl groups is 1. The fourth-order valence-corrected chi connectivity index (χ4v) is 15.9. The van der Waals surface area contributed by atoms with Gasteiger partial charge in [-0.15, -0.1) is 0 Å². The Hall–Kier alpha value is -1.94. The summed E-state index contributed by atoms with van der Waals surface area (Å²) in [4.78, 5) is 73.3. The Bertz CT molecular complexity index is 2080. The van der Waals surface area contributed by atoms with Crippen LogP contribution in [-0.2, 0) is 65.4 Å². The summed E-state index contributed by atoms with van der Waals surface area (Å²) in [5.41, 5.74) is 0. The molecule has 0 rings (SSSR count). The highest BCUT2D eigenvalue weighted by Gasteiger charge is 2.31. The van der Waals surface area contributed by atoms with E-state index in [1.807, 2.05) is 0 Å². The summed E-state index contributed by atoms with van der Waals surface area (Å²) < 4.78 is 69.0. The van der Waals surface area contributed by atoms with Crippen molar-refractivity contribution >= 4 is 39.5 Å². The summed E-state index contributed by atoms with van der Waals surface area (Å²) >= 11 is 0. The fourth-order valence-electron chi connectivity index (χ4n) is 14.3. The molecular formula is C91H178O17P2. The Morgan fingerprint density at radius 1 is 0.255 bits per heavy atom. The first-order chi connectivity index (χ1) is 53.6. The Labute approximate surface area is 677 Å². The lowest BCUT2D eigenvalue weighted by Crippen LogP contribution is -2.30. The third kappa shape index (κ3) is 82.6. The van der Waals surface area contributed by atoms with Crippen LogP contribution in [0.15, 0.2) is 0 Å². The minimum atomic E-state index is -4.97. The zero-order valence-corrected chi connectivity index (χ0v) is 74.2. The maximum Gasteiger partial charge on any atom is 0.472 e. The standard InChI is InChI=1S/C91H178O17P2/c1-6-10-13-16-19-22-25-27-29-31-32-33-34-35-39-43-46-50-55-60-65-70-75-89(94)102-81-87(108-91(96)77-72-67-62-57-52-48-44-40-37-36-38-41-45-49-53-58-63-68-73-84(5)9-4)83-106-110(99,100)104-79-85(92)78-103-109(97,98)105-82-86(80-101-88(93)74-69-64-59-54-24-21-18-15-12-8-3)107-90(95)76-71-66-61-56-51-47-42-30-28-26-23-20-17-14-11-7-2/h84-87,92H,6-83H2,1-5H3,(H,97,98)(H,99,100)/t84?,85-,86+,87+/m0/s1. The number of aliphatic hydroxyl groups excluding tert-OH is 1. The van der Waals surface area contributed by atoms with Gasteiger partial charge in [-0.2, -0.15) is 0 Å². The van der Waals surface area contributed by atoms with Crippen LogP contribution in [0, 0.1) is 5.92 Å². The zero-order valence-electron chi connectivity index (χ0n) is 72.4. The molecule has 0 radical (unpaired) electrons. The number of phosphoric acid groups is 2. The van der Waals surface area contributed by atoms with Gasteiger partial charge >= 0.3 is 39.5 Å². The molecule has 0 spiro atoms. The predicted molar refractivity (Wildman–Crippen MR) is 455 cm³/mol. The van der Waals surface area contributed by atoms with Crippen LogP contribution in [0.5, 0.6) is 0 Å². The van der Waals surface area contributed by atoms with Gasteiger partial charge in [0.15, 0.2) is 12.2 Å². The van der Waals surface area contributed by atoms with Gasteiger partial charge in [0.1, 0.15) is 19.3 Å². The molecule has 17 nitrogen and oxygen atoms in total. The van der Waals surface area contributed by atoms with Crippen LogP contribution in [0.4, 0.5) is 0 Å². The molecule has 19 heteroatoms. The van der Waals surface area contributed by atoms with Crippen molar-refractivity contribution < 1.29 is 80.2 Å². The largest absolute Gasteiger partial charge is 0.472 e. The van der Waals surface area contributed by atoms with Crippen molar-refractivity contribution in [3.05, 3.63) is 0 Å². The first-order valence-electron chi connectivity index (χ1n) is 47.2. The maximum absolute atomic E-state index is 13.2. The lowest BCUT2D eigenvalue weighted by Gasteiger charge is -2.21. The molecule has 6 atom stereocenters. The van der Waals surface area contributed by atoms with Gasteiger partial charge in [0.2, 0.25) is 0 Å². The van der Waals surface area contributed by atoms with Gasteiger partial charge in [-0.3, -0.25) is 37.3 Å². The van der Waals surface area contributed by atoms with Gasteiger partial charge in [-0.25, -0.2) is 9.13 Å². The van der Waals surface area contributed by atoms with Gasteiger partial charge in [-0.1, -0.05) is 446 Å². The van der Waals surface area contributed by atoms with E-state index in [-0.39, 0.29) is 25.7 Å². The summed E-state index contributed by atoms with van der Waals surface area (Å²) in [5, 5.41) is 10.7. The van der Waals surface area contributed by atoms with Crippen molar-refractivity contribution in [1.29, 1.82) is 0 Å². The Kier molecular flexibility index (Phi) is 82.1. The molecule has 0 amide bonds. The van der Waals surface area contributed by atoms with E-state index in [1.54, 1.807) is 0 Å². The van der Waals surface area contributed by atoms with Gasteiger partial charge < -0.3 is 33.8 Å². The van der Waals surface area contributed by atoms with Crippen molar-refractivity contribution in [3.8, 4) is 0 Å². The van der Waals surface area contributed by atoms with E-state index in [4.69, 9.17) is 37.0 Å². The van der Waals surface area contributed by atoms with E-state index in [0.29, 0.717) is 25.7 Å².